The smallest absolute Gasteiger partial charge is 0.295 e. The number of ether oxygens (including phenoxy) is 3. The Morgan fingerprint density at radius 1 is 0.939 bits per heavy atom. The molecule has 1 N–H and O–H groups in total. The van der Waals surface area contributed by atoms with Crippen molar-refractivity contribution in [2.24, 2.45) is 0 Å². The van der Waals surface area contributed by atoms with E-state index in [4.69, 9.17) is 14.2 Å². The van der Waals surface area contributed by atoms with Crippen molar-refractivity contribution >= 4 is 17.4 Å². The number of methoxy groups -OCH3 is 2. The zero-order valence-corrected chi connectivity index (χ0v) is 18.8. The number of aliphatic hydroxyl groups excluding tert-OH is 1. The van der Waals surface area contributed by atoms with E-state index in [1.165, 1.54) is 0 Å². The lowest BCUT2D eigenvalue weighted by Crippen LogP contribution is -2.42. The van der Waals surface area contributed by atoms with Gasteiger partial charge in [-0.3, -0.25) is 14.5 Å². The minimum Gasteiger partial charge on any atom is -0.507 e. The van der Waals surface area contributed by atoms with Gasteiger partial charge in [0.05, 0.1) is 39.0 Å². The molecule has 8 heteroatoms. The van der Waals surface area contributed by atoms with Crippen LogP contribution in [0.4, 0.5) is 0 Å². The summed E-state index contributed by atoms with van der Waals surface area (Å²) in [6, 6.07) is 13.2. The summed E-state index contributed by atoms with van der Waals surface area (Å²) in [6.45, 7) is 3.84. The molecule has 2 aromatic carbocycles. The van der Waals surface area contributed by atoms with Crippen LogP contribution in [0.25, 0.3) is 5.76 Å². The monoisotopic (exact) mass is 452 g/mol. The number of ketones is 1. The van der Waals surface area contributed by atoms with Crippen LogP contribution in [-0.4, -0.2) is 80.2 Å². The Bertz CT molecular complexity index is 1030. The number of aliphatic hydroxyl groups is 1. The third-order valence-electron chi connectivity index (χ3n) is 6.10. The first-order valence-corrected chi connectivity index (χ1v) is 10.9. The Morgan fingerprint density at radius 2 is 1.52 bits per heavy atom. The first-order valence-electron chi connectivity index (χ1n) is 10.9. The quantitative estimate of drug-likeness (QED) is 0.392. The van der Waals surface area contributed by atoms with E-state index in [2.05, 4.69) is 4.90 Å². The van der Waals surface area contributed by atoms with Gasteiger partial charge in [0, 0.05) is 31.7 Å². The molecule has 2 aliphatic heterocycles. The molecule has 2 heterocycles. The number of hydrogen-bond donors (Lipinski definition) is 1. The summed E-state index contributed by atoms with van der Waals surface area (Å²) >= 11 is 0. The molecule has 0 saturated carbocycles. The zero-order valence-electron chi connectivity index (χ0n) is 18.8. The lowest BCUT2D eigenvalue weighted by atomic mass is 9.95. The number of amides is 1. The van der Waals surface area contributed by atoms with Crippen LogP contribution in [0.15, 0.2) is 54.1 Å². The van der Waals surface area contributed by atoms with Gasteiger partial charge in [0.25, 0.3) is 11.7 Å². The normalized spacial score (nSPS) is 20.8. The van der Waals surface area contributed by atoms with Crippen LogP contribution in [-0.2, 0) is 14.3 Å². The summed E-state index contributed by atoms with van der Waals surface area (Å²) in [6.07, 6.45) is 0. The fourth-order valence-corrected chi connectivity index (χ4v) is 4.22. The first-order chi connectivity index (χ1) is 16.0. The average Bonchev–Trinajstić information content (AvgIpc) is 3.12. The summed E-state index contributed by atoms with van der Waals surface area (Å²) in [5.74, 6) is -0.209. The van der Waals surface area contributed by atoms with Gasteiger partial charge in [0.1, 0.15) is 17.3 Å². The molecule has 2 saturated heterocycles. The summed E-state index contributed by atoms with van der Waals surface area (Å²) in [4.78, 5) is 30.0. The molecular formula is C25H28N2O6. The van der Waals surface area contributed by atoms with Crippen LogP contribution in [0.5, 0.6) is 11.5 Å². The van der Waals surface area contributed by atoms with E-state index in [1.54, 1.807) is 55.5 Å². The maximum absolute atomic E-state index is 13.1. The first kappa shape index (κ1) is 22.8. The van der Waals surface area contributed by atoms with Crippen molar-refractivity contribution in [3.05, 3.63) is 65.2 Å². The fourth-order valence-electron chi connectivity index (χ4n) is 4.22. The van der Waals surface area contributed by atoms with Crippen molar-refractivity contribution in [1.29, 1.82) is 0 Å². The van der Waals surface area contributed by atoms with E-state index < -0.39 is 17.7 Å². The third kappa shape index (κ3) is 4.72. The van der Waals surface area contributed by atoms with Gasteiger partial charge < -0.3 is 24.2 Å². The van der Waals surface area contributed by atoms with Crippen molar-refractivity contribution in [2.45, 2.75) is 6.04 Å². The van der Waals surface area contributed by atoms with Crippen LogP contribution in [0.1, 0.15) is 17.2 Å². The molecule has 1 atom stereocenters. The largest absolute Gasteiger partial charge is 0.507 e. The van der Waals surface area contributed by atoms with Crippen LogP contribution in [0.3, 0.4) is 0 Å². The molecule has 0 aromatic heterocycles. The van der Waals surface area contributed by atoms with Crippen molar-refractivity contribution in [1.82, 2.24) is 9.80 Å². The van der Waals surface area contributed by atoms with E-state index in [9.17, 15) is 14.7 Å². The van der Waals surface area contributed by atoms with Gasteiger partial charge in [-0.05, 0) is 42.0 Å². The molecule has 1 unspecified atom stereocenters. The molecule has 1 amide bonds. The maximum atomic E-state index is 13.1. The highest BCUT2D eigenvalue weighted by atomic mass is 16.5. The topological polar surface area (TPSA) is 88.5 Å². The number of carbonyl (C=O) groups excluding carboxylic acids is 2. The molecule has 174 valence electrons. The van der Waals surface area contributed by atoms with Gasteiger partial charge in [-0.25, -0.2) is 0 Å². The highest BCUT2D eigenvalue weighted by Gasteiger charge is 2.46. The third-order valence-corrected chi connectivity index (χ3v) is 6.10. The summed E-state index contributed by atoms with van der Waals surface area (Å²) in [5, 5.41) is 11.1. The summed E-state index contributed by atoms with van der Waals surface area (Å²) in [5.41, 5.74) is 1.25. The van der Waals surface area contributed by atoms with Crippen LogP contribution < -0.4 is 9.47 Å². The maximum Gasteiger partial charge on any atom is 0.295 e. The molecule has 33 heavy (non-hydrogen) atoms. The van der Waals surface area contributed by atoms with Crippen molar-refractivity contribution in [3.8, 4) is 11.5 Å². The van der Waals surface area contributed by atoms with Gasteiger partial charge in [-0.15, -0.1) is 0 Å². The highest BCUT2D eigenvalue weighted by molar-refractivity contribution is 6.46. The second-order valence-electron chi connectivity index (χ2n) is 7.95. The van der Waals surface area contributed by atoms with Crippen LogP contribution >= 0.6 is 0 Å². The molecular weight excluding hydrogens is 424 g/mol. The number of likely N-dealkylation sites (tertiary alicyclic amines) is 1. The van der Waals surface area contributed by atoms with Crippen molar-refractivity contribution in [2.75, 3.05) is 53.6 Å². The SMILES string of the molecule is COc1ccc(/C(O)=C2/C(=O)C(=O)N(CCN3CCOCC3)C2c2ccc(OC)cc2)cc1. The van der Waals surface area contributed by atoms with Crippen LogP contribution in [0, 0.1) is 0 Å². The van der Waals surface area contributed by atoms with Crippen LogP contribution in [0.2, 0.25) is 0 Å². The van der Waals surface area contributed by atoms with Gasteiger partial charge in [0.2, 0.25) is 0 Å². The lowest BCUT2D eigenvalue weighted by Gasteiger charge is -2.31. The minimum absolute atomic E-state index is 0.0808. The van der Waals surface area contributed by atoms with E-state index in [0.29, 0.717) is 43.4 Å². The molecule has 2 aromatic rings. The van der Waals surface area contributed by atoms with Gasteiger partial charge in [-0.1, -0.05) is 12.1 Å². The Hall–Kier alpha value is -3.36. The summed E-state index contributed by atoms with van der Waals surface area (Å²) < 4.78 is 15.8. The van der Waals surface area contributed by atoms with Gasteiger partial charge in [-0.2, -0.15) is 0 Å². The molecule has 0 aliphatic carbocycles. The van der Waals surface area contributed by atoms with Gasteiger partial charge >= 0.3 is 0 Å². The van der Waals surface area contributed by atoms with Crippen molar-refractivity contribution < 1.29 is 28.9 Å². The zero-order chi connectivity index (χ0) is 23.4. The molecule has 0 bridgehead atoms. The Balaban J connectivity index is 1.72. The predicted molar refractivity (Wildman–Crippen MR) is 122 cm³/mol. The second-order valence-corrected chi connectivity index (χ2v) is 7.95. The average molecular weight is 453 g/mol. The Kier molecular flexibility index (Phi) is 6.96. The van der Waals surface area contributed by atoms with E-state index >= 15 is 0 Å². The van der Waals surface area contributed by atoms with Crippen molar-refractivity contribution in [3.63, 3.8) is 0 Å². The standard InChI is InChI=1S/C25H28N2O6/c1-31-19-7-3-17(4-8-19)22-21(23(28)18-5-9-20(32-2)10-6-18)24(29)25(30)27(22)12-11-26-13-15-33-16-14-26/h3-10,22,28H,11-16H2,1-2H3/b23-21-. The van der Waals surface area contributed by atoms with E-state index in [1.807, 2.05) is 12.1 Å². The highest BCUT2D eigenvalue weighted by Crippen LogP contribution is 2.39. The Labute approximate surface area is 193 Å². The second kappa shape index (κ2) is 10.1. The molecule has 8 nitrogen and oxygen atoms in total. The summed E-state index contributed by atoms with van der Waals surface area (Å²) in [7, 11) is 3.13. The predicted octanol–water partition coefficient (Wildman–Crippen LogP) is 2.46. The number of rotatable bonds is 7. The Morgan fingerprint density at radius 3 is 2.09 bits per heavy atom. The van der Waals surface area contributed by atoms with E-state index in [0.717, 1.165) is 18.7 Å². The number of carbonyl (C=O) groups is 2. The molecule has 0 spiro atoms. The molecule has 0 radical (unpaired) electrons. The fraction of sp³-hybridized carbons (Fsp3) is 0.360. The molecule has 2 fully saturated rings. The molecule has 2 aliphatic rings. The number of hydrogen-bond acceptors (Lipinski definition) is 7. The number of nitrogens with zero attached hydrogens (tertiary/aromatic N) is 2. The molecule has 4 rings (SSSR count). The number of morpholine rings is 1. The van der Waals surface area contributed by atoms with E-state index in [-0.39, 0.29) is 11.3 Å². The van der Waals surface area contributed by atoms with Gasteiger partial charge in [0.15, 0.2) is 0 Å². The lowest BCUT2D eigenvalue weighted by molar-refractivity contribution is -0.140. The number of benzene rings is 2. The minimum atomic E-state index is -0.695. The number of Topliss-reactive ketones (excluding diaryl/α,β-unsaturated/α-hetero) is 1.